The highest BCUT2D eigenvalue weighted by Crippen LogP contribution is 2.40. The quantitative estimate of drug-likeness (QED) is 0.738. The van der Waals surface area contributed by atoms with Crippen LogP contribution in [-0.4, -0.2) is 40.7 Å². The molecule has 8 heteroatoms. The van der Waals surface area contributed by atoms with Gasteiger partial charge in [-0.05, 0) is 35.8 Å². The average molecular weight is 375 g/mol. The first kappa shape index (κ1) is 20.5. The zero-order valence-corrected chi connectivity index (χ0v) is 16.9. The van der Waals surface area contributed by atoms with E-state index in [9.17, 15) is 13.2 Å². The van der Waals surface area contributed by atoms with Gasteiger partial charge in [-0.25, -0.2) is 8.42 Å². The van der Waals surface area contributed by atoms with Crippen LogP contribution >= 0.6 is 0 Å². The van der Waals surface area contributed by atoms with Gasteiger partial charge < -0.3 is 14.3 Å². The first-order valence-electron chi connectivity index (χ1n) is 7.55. The number of carboxylic acid groups (broad SMARTS) is 1. The number of hydrogen-bond acceptors (Lipinski definition) is 5. The molecule has 1 aromatic carbocycles. The van der Waals surface area contributed by atoms with Gasteiger partial charge in [0.15, 0.2) is 15.6 Å². The molecule has 0 fully saturated rings. The number of carboxylic acids is 1. The number of methoxy groups -OCH3 is 1. The van der Waals surface area contributed by atoms with Crippen molar-refractivity contribution in [3.63, 3.8) is 0 Å². The van der Waals surface area contributed by atoms with Crippen molar-refractivity contribution in [2.24, 2.45) is 0 Å². The van der Waals surface area contributed by atoms with E-state index in [1.807, 2.05) is 0 Å². The minimum Gasteiger partial charge on any atom is -0.541 e. The molecule has 1 N–H and O–H groups in total. The molecule has 0 aliphatic heterocycles. The molecule has 0 aliphatic rings. The molecule has 0 amide bonds. The van der Waals surface area contributed by atoms with Crippen LogP contribution in [0.2, 0.25) is 18.1 Å². The molecule has 0 radical (unpaired) electrons. The molecule has 0 unspecified atom stereocenters. The molecule has 0 saturated heterocycles. The summed E-state index contributed by atoms with van der Waals surface area (Å²) in [7, 11) is -4.33. The summed E-state index contributed by atoms with van der Waals surface area (Å²) in [5, 5.41) is 8.66. The molecule has 0 heterocycles. The molecule has 24 heavy (non-hydrogen) atoms. The maximum absolute atomic E-state index is 11.9. The Kier molecular flexibility index (Phi) is 6.10. The Morgan fingerprint density at radius 3 is 2.25 bits per heavy atom. The highest BCUT2D eigenvalue weighted by molar-refractivity contribution is 7.91. The Balaban J connectivity index is 3.16. The van der Waals surface area contributed by atoms with E-state index in [4.69, 9.17) is 14.3 Å². The summed E-state index contributed by atoms with van der Waals surface area (Å²) in [5.41, 5.74) is 0.478. The van der Waals surface area contributed by atoms with E-state index in [1.165, 1.54) is 7.11 Å². The maximum Gasteiger partial charge on any atom is 0.318 e. The molecule has 1 aromatic rings. The van der Waals surface area contributed by atoms with Gasteiger partial charge in [-0.3, -0.25) is 4.79 Å². The molecule has 0 bridgehead atoms. The number of sulfone groups is 1. The Bertz CT molecular complexity index is 704. The lowest BCUT2D eigenvalue weighted by Crippen LogP contribution is -2.43. The van der Waals surface area contributed by atoms with Crippen molar-refractivity contribution in [1.82, 2.24) is 0 Å². The van der Waals surface area contributed by atoms with Gasteiger partial charge in [0.05, 0.1) is 12.9 Å². The van der Waals surface area contributed by atoms with Gasteiger partial charge in [0.2, 0.25) is 0 Å². The molecule has 0 atom stereocenters. The number of ether oxygens (including phenoxy) is 1. The van der Waals surface area contributed by atoms with Gasteiger partial charge in [-0.1, -0.05) is 26.8 Å². The van der Waals surface area contributed by atoms with Crippen molar-refractivity contribution in [3.8, 4) is 11.5 Å². The largest absolute Gasteiger partial charge is 0.541 e. The Morgan fingerprint density at radius 2 is 1.79 bits per heavy atom. The monoisotopic (exact) mass is 374 g/mol. The zero-order valence-electron chi connectivity index (χ0n) is 15.0. The van der Waals surface area contributed by atoms with Crippen molar-refractivity contribution < 1.29 is 27.5 Å². The number of rotatable bonds is 7. The maximum atomic E-state index is 11.9. The Labute approximate surface area is 144 Å². The summed E-state index contributed by atoms with van der Waals surface area (Å²) in [5.74, 6) is -1.58. The predicted octanol–water partition coefficient (Wildman–Crippen LogP) is 3.08. The molecular formula is C16H26O6SSi. The second-order valence-corrected chi connectivity index (χ2v) is 14.1. The third kappa shape index (κ3) is 5.52. The van der Waals surface area contributed by atoms with Crippen molar-refractivity contribution in [2.75, 3.05) is 12.9 Å². The SMILES string of the molecule is COc1ccc(CS(=O)(=O)CC(=O)O)cc1O[Si](C)(C)C(C)(C)C. The highest BCUT2D eigenvalue weighted by Gasteiger charge is 2.39. The van der Waals surface area contributed by atoms with Gasteiger partial charge in [0.25, 0.3) is 8.32 Å². The fourth-order valence-electron chi connectivity index (χ4n) is 1.81. The molecular weight excluding hydrogens is 348 g/mol. The minimum atomic E-state index is -3.73. The zero-order chi connectivity index (χ0) is 18.8. The Morgan fingerprint density at radius 1 is 1.21 bits per heavy atom. The van der Waals surface area contributed by atoms with E-state index in [0.717, 1.165) is 0 Å². The standard InChI is InChI=1S/C16H26O6SSi/c1-16(2,3)24(5,6)22-14-9-12(7-8-13(14)21-4)10-23(19,20)11-15(17)18/h7-9H,10-11H2,1-6H3,(H,17,18). The number of benzene rings is 1. The smallest absolute Gasteiger partial charge is 0.318 e. The molecule has 0 saturated carbocycles. The summed E-state index contributed by atoms with van der Waals surface area (Å²) in [6, 6.07) is 4.88. The summed E-state index contributed by atoms with van der Waals surface area (Å²) < 4.78 is 35.3. The van der Waals surface area contributed by atoms with Gasteiger partial charge in [0, 0.05) is 0 Å². The lowest BCUT2D eigenvalue weighted by molar-refractivity contribution is -0.134. The second kappa shape index (κ2) is 7.14. The van der Waals surface area contributed by atoms with Gasteiger partial charge in [-0.2, -0.15) is 0 Å². The summed E-state index contributed by atoms with van der Waals surface area (Å²) in [6.45, 7) is 10.5. The second-order valence-electron chi connectivity index (χ2n) is 7.27. The van der Waals surface area contributed by atoms with Crippen LogP contribution in [0.5, 0.6) is 11.5 Å². The normalized spacial score (nSPS) is 12.8. The van der Waals surface area contributed by atoms with Crippen molar-refractivity contribution in [2.45, 2.75) is 44.7 Å². The lowest BCUT2D eigenvalue weighted by Gasteiger charge is -2.36. The summed E-state index contributed by atoms with van der Waals surface area (Å²) in [4.78, 5) is 10.7. The minimum absolute atomic E-state index is 0.0244. The van der Waals surface area contributed by atoms with E-state index < -0.39 is 29.9 Å². The van der Waals surface area contributed by atoms with Crippen molar-refractivity contribution >= 4 is 24.1 Å². The lowest BCUT2D eigenvalue weighted by atomic mass is 10.2. The molecule has 6 nitrogen and oxygen atoms in total. The molecule has 0 aliphatic carbocycles. The third-order valence-electron chi connectivity index (χ3n) is 4.13. The Hall–Kier alpha value is -1.54. The number of hydrogen-bond donors (Lipinski definition) is 1. The van der Waals surface area contributed by atoms with Crippen LogP contribution in [0.1, 0.15) is 26.3 Å². The first-order chi connectivity index (χ1) is 10.8. The van der Waals surface area contributed by atoms with E-state index in [-0.39, 0.29) is 10.8 Å². The van der Waals surface area contributed by atoms with Gasteiger partial charge in [-0.15, -0.1) is 0 Å². The summed E-state index contributed by atoms with van der Waals surface area (Å²) >= 11 is 0. The van der Waals surface area contributed by atoms with Crippen LogP contribution < -0.4 is 9.16 Å². The first-order valence-corrected chi connectivity index (χ1v) is 12.3. The predicted molar refractivity (Wildman–Crippen MR) is 95.9 cm³/mol. The van der Waals surface area contributed by atoms with Gasteiger partial charge in [0.1, 0.15) is 11.5 Å². The molecule has 1 rings (SSSR count). The fourth-order valence-corrected chi connectivity index (χ4v) is 3.99. The van der Waals surface area contributed by atoms with Crippen LogP contribution in [0.4, 0.5) is 0 Å². The van der Waals surface area contributed by atoms with Crippen LogP contribution in [0.15, 0.2) is 18.2 Å². The van der Waals surface area contributed by atoms with Crippen LogP contribution in [0.25, 0.3) is 0 Å². The van der Waals surface area contributed by atoms with Crippen molar-refractivity contribution in [1.29, 1.82) is 0 Å². The fraction of sp³-hybridized carbons (Fsp3) is 0.562. The highest BCUT2D eigenvalue weighted by atomic mass is 32.2. The van der Waals surface area contributed by atoms with Crippen LogP contribution in [0.3, 0.4) is 0 Å². The van der Waals surface area contributed by atoms with E-state index >= 15 is 0 Å². The van der Waals surface area contributed by atoms with E-state index in [1.54, 1.807) is 18.2 Å². The molecule has 0 aromatic heterocycles. The number of aliphatic carboxylic acids is 1. The summed E-state index contributed by atoms with van der Waals surface area (Å²) in [6.07, 6.45) is 0. The average Bonchev–Trinajstić information content (AvgIpc) is 2.34. The van der Waals surface area contributed by atoms with E-state index in [0.29, 0.717) is 17.1 Å². The van der Waals surface area contributed by atoms with Gasteiger partial charge >= 0.3 is 5.97 Å². The van der Waals surface area contributed by atoms with E-state index in [2.05, 4.69) is 33.9 Å². The molecule has 0 spiro atoms. The third-order valence-corrected chi connectivity index (χ3v) is 9.93. The van der Waals surface area contributed by atoms with Crippen LogP contribution in [-0.2, 0) is 20.4 Å². The van der Waals surface area contributed by atoms with Crippen LogP contribution in [0, 0.1) is 0 Å². The van der Waals surface area contributed by atoms with Crippen molar-refractivity contribution in [3.05, 3.63) is 23.8 Å². The number of carbonyl (C=O) groups is 1. The molecule has 136 valence electrons. The topological polar surface area (TPSA) is 89.9 Å².